The van der Waals surface area contributed by atoms with Gasteiger partial charge in [0.1, 0.15) is 6.61 Å². The molecule has 5 heteroatoms. The predicted octanol–water partition coefficient (Wildman–Crippen LogP) is 3.28. The zero-order valence-corrected chi connectivity index (χ0v) is 15.1. The van der Waals surface area contributed by atoms with Crippen LogP contribution < -0.4 is 9.47 Å². The molecule has 0 aliphatic carbocycles. The van der Waals surface area contributed by atoms with Gasteiger partial charge in [-0.05, 0) is 37.6 Å². The second kappa shape index (κ2) is 8.32. The van der Waals surface area contributed by atoms with E-state index in [0.29, 0.717) is 18.7 Å². The van der Waals surface area contributed by atoms with Crippen LogP contribution in [0, 0.1) is 0 Å². The Morgan fingerprint density at radius 3 is 2.60 bits per heavy atom. The molecule has 2 heterocycles. The summed E-state index contributed by atoms with van der Waals surface area (Å²) in [6.45, 7) is 7.32. The number of rotatable bonds is 6. The van der Waals surface area contributed by atoms with E-state index in [4.69, 9.17) is 14.2 Å². The Kier molecular flexibility index (Phi) is 5.89. The van der Waals surface area contributed by atoms with Crippen LogP contribution in [0.1, 0.15) is 25.0 Å². The highest BCUT2D eigenvalue weighted by molar-refractivity contribution is 5.43. The molecule has 2 aromatic rings. The fourth-order valence-electron chi connectivity index (χ4n) is 3.13. The maximum Gasteiger partial charge on any atom is 0.161 e. The SMILES string of the molecule is COc1ccc(CN2[C@@H](C)COC[C@@H]2C)cc1OCc1cccnc1. The van der Waals surface area contributed by atoms with E-state index in [1.807, 2.05) is 24.4 Å². The standard InChI is InChI=1S/C20H26N2O3/c1-15-12-24-13-16(2)22(15)11-17-6-7-19(23-3)20(9-17)25-14-18-5-4-8-21-10-18/h4-10,15-16H,11-14H2,1-3H3/t15-,16-/m0/s1. The zero-order valence-electron chi connectivity index (χ0n) is 15.1. The van der Waals surface area contributed by atoms with Gasteiger partial charge in [-0.3, -0.25) is 9.88 Å². The number of hydrogen-bond donors (Lipinski definition) is 0. The van der Waals surface area contributed by atoms with Crippen molar-refractivity contribution in [2.75, 3.05) is 20.3 Å². The van der Waals surface area contributed by atoms with Crippen molar-refractivity contribution in [1.29, 1.82) is 0 Å². The van der Waals surface area contributed by atoms with Gasteiger partial charge in [-0.15, -0.1) is 0 Å². The Morgan fingerprint density at radius 2 is 1.92 bits per heavy atom. The molecule has 3 rings (SSSR count). The first-order chi connectivity index (χ1) is 12.2. The van der Waals surface area contributed by atoms with Crippen molar-refractivity contribution in [3.05, 3.63) is 53.9 Å². The summed E-state index contributed by atoms with van der Waals surface area (Å²) in [6, 6.07) is 10.9. The molecule has 0 bridgehead atoms. The lowest BCUT2D eigenvalue weighted by atomic mass is 10.1. The van der Waals surface area contributed by atoms with Gasteiger partial charge in [0.05, 0.1) is 20.3 Å². The van der Waals surface area contributed by atoms with Crippen LogP contribution in [-0.2, 0) is 17.9 Å². The first-order valence-electron chi connectivity index (χ1n) is 8.69. The number of ether oxygens (including phenoxy) is 3. The van der Waals surface area contributed by atoms with E-state index < -0.39 is 0 Å². The Labute approximate surface area is 149 Å². The summed E-state index contributed by atoms with van der Waals surface area (Å²) >= 11 is 0. The first kappa shape index (κ1) is 17.7. The van der Waals surface area contributed by atoms with Gasteiger partial charge in [0.2, 0.25) is 0 Å². The van der Waals surface area contributed by atoms with E-state index in [0.717, 1.165) is 36.8 Å². The fraction of sp³-hybridized carbons (Fsp3) is 0.450. The minimum atomic E-state index is 0.408. The number of methoxy groups -OCH3 is 1. The normalized spacial score (nSPS) is 21.1. The van der Waals surface area contributed by atoms with E-state index in [1.54, 1.807) is 13.3 Å². The highest BCUT2D eigenvalue weighted by Gasteiger charge is 2.25. The van der Waals surface area contributed by atoms with Crippen molar-refractivity contribution >= 4 is 0 Å². The monoisotopic (exact) mass is 342 g/mol. The Morgan fingerprint density at radius 1 is 1.12 bits per heavy atom. The third-order valence-electron chi connectivity index (χ3n) is 4.56. The predicted molar refractivity (Wildman–Crippen MR) is 96.8 cm³/mol. The van der Waals surface area contributed by atoms with Crippen LogP contribution in [0.2, 0.25) is 0 Å². The van der Waals surface area contributed by atoms with Gasteiger partial charge >= 0.3 is 0 Å². The first-order valence-corrected chi connectivity index (χ1v) is 8.69. The van der Waals surface area contributed by atoms with Crippen LogP contribution in [0.15, 0.2) is 42.7 Å². The molecular weight excluding hydrogens is 316 g/mol. The zero-order chi connectivity index (χ0) is 17.6. The summed E-state index contributed by atoms with van der Waals surface area (Å²) in [7, 11) is 1.66. The molecule has 2 atom stereocenters. The number of benzene rings is 1. The lowest BCUT2D eigenvalue weighted by molar-refractivity contribution is -0.0409. The Hall–Kier alpha value is -2.11. The molecule has 1 aromatic heterocycles. The van der Waals surface area contributed by atoms with E-state index in [2.05, 4.69) is 35.9 Å². The minimum absolute atomic E-state index is 0.408. The molecular formula is C20H26N2O3. The molecule has 1 aliphatic heterocycles. The van der Waals surface area contributed by atoms with Crippen molar-refractivity contribution in [2.45, 2.75) is 39.1 Å². The van der Waals surface area contributed by atoms with Crippen LogP contribution in [-0.4, -0.2) is 42.3 Å². The largest absolute Gasteiger partial charge is 0.493 e. The van der Waals surface area contributed by atoms with E-state index in [1.165, 1.54) is 5.56 Å². The maximum atomic E-state index is 5.99. The average Bonchev–Trinajstić information content (AvgIpc) is 2.64. The molecule has 5 nitrogen and oxygen atoms in total. The third kappa shape index (κ3) is 4.50. The van der Waals surface area contributed by atoms with Crippen molar-refractivity contribution in [3.63, 3.8) is 0 Å². The minimum Gasteiger partial charge on any atom is -0.493 e. The highest BCUT2D eigenvalue weighted by Crippen LogP contribution is 2.30. The number of nitrogens with zero attached hydrogens (tertiary/aromatic N) is 2. The van der Waals surface area contributed by atoms with Crippen LogP contribution in [0.3, 0.4) is 0 Å². The lowest BCUT2D eigenvalue weighted by Gasteiger charge is -2.38. The molecule has 134 valence electrons. The van der Waals surface area contributed by atoms with E-state index >= 15 is 0 Å². The second-order valence-electron chi connectivity index (χ2n) is 6.54. The van der Waals surface area contributed by atoms with Gasteiger partial charge in [-0.25, -0.2) is 0 Å². The number of pyridine rings is 1. The fourth-order valence-corrected chi connectivity index (χ4v) is 3.13. The van der Waals surface area contributed by atoms with Crippen molar-refractivity contribution in [1.82, 2.24) is 9.88 Å². The molecule has 0 radical (unpaired) electrons. The van der Waals surface area contributed by atoms with Crippen LogP contribution in [0.4, 0.5) is 0 Å². The van der Waals surface area contributed by atoms with Gasteiger partial charge in [-0.1, -0.05) is 12.1 Å². The van der Waals surface area contributed by atoms with Gasteiger partial charge in [0, 0.05) is 36.6 Å². The molecule has 1 fully saturated rings. The molecule has 0 spiro atoms. The Bertz CT molecular complexity index is 668. The quantitative estimate of drug-likeness (QED) is 0.806. The molecule has 1 aromatic carbocycles. The third-order valence-corrected chi connectivity index (χ3v) is 4.56. The number of morpholine rings is 1. The number of hydrogen-bond acceptors (Lipinski definition) is 5. The Balaban J connectivity index is 1.73. The topological polar surface area (TPSA) is 43.8 Å². The van der Waals surface area contributed by atoms with Crippen LogP contribution in [0.25, 0.3) is 0 Å². The molecule has 0 N–H and O–H groups in total. The van der Waals surface area contributed by atoms with Crippen molar-refractivity contribution < 1.29 is 14.2 Å². The van der Waals surface area contributed by atoms with Crippen LogP contribution >= 0.6 is 0 Å². The molecule has 25 heavy (non-hydrogen) atoms. The van der Waals surface area contributed by atoms with Crippen molar-refractivity contribution in [3.8, 4) is 11.5 Å². The molecule has 1 aliphatic rings. The average molecular weight is 342 g/mol. The molecule has 1 saturated heterocycles. The van der Waals surface area contributed by atoms with E-state index in [9.17, 15) is 0 Å². The summed E-state index contributed by atoms with van der Waals surface area (Å²) in [4.78, 5) is 6.59. The van der Waals surface area contributed by atoms with Crippen LogP contribution in [0.5, 0.6) is 11.5 Å². The maximum absolute atomic E-state index is 5.99. The molecule has 0 saturated carbocycles. The van der Waals surface area contributed by atoms with Gasteiger partial charge in [-0.2, -0.15) is 0 Å². The smallest absolute Gasteiger partial charge is 0.161 e. The summed E-state index contributed by atoms with van der Waals surface area (Å²) in [5.41, 5.74) is 2.24. The van der Waals surface area contributed by atoms with E-state index in [-0.39, 0.29) is 0 Å². The van der Waals surface area contributed by atoms with Gasteiger partial charge in [0.25, 0.3) is 0 Å². The highest BCUT2D eigenvalue weighted by atomic mass is 16.5. The second-order valence-corrected chi connectivity index (χ2v) is 6.54. The molecule has 0 amide bonds. The van der Waals surface area contributed by atoms with Gasteiger partial charge < -0.3 is 14.2 Å². The van der Waals surface area contributed by atoms with Crippen molar-refractivity contribution in [2.24, 2.45) is 0 Å². The number of aromatic nitrogens is 1. The summed E-state index contributed by atoms with van der Waals surface area (Å²) in [5.74, 6) is 1.51. The molecule has 0 unspecified atom stereocenters. The summed E-state index contributed by atoms with van der Waals surface area (Å²) in [6.07, 6.45) is 3.57. The summed E-state index contributed by atoms with van der Waals surface area (Å²) < 4.78 is 17.1. The lowest BCUT2D eigenvalue weighted by Crippen LogP contribution is -2.48. The summed E-state index contributed by atoms with van der Waals surface area (Å²) in [5, 5.41) is 0. The van der Waals surface area contributed by atoms with Gasteiger partial charge in [0.15, 0.2) is 11.5 Å².